The molecule has 2 aliphatic carbocycles. The minimum atomic E-state index is 0.308. The van der Waals surface area contributed by atoms with Gasteiger partial charge in [-0.3, -0.25) is 0 Å². The Morgan fingerprint density at radius 1 is 1.24 bits per heavy atom. The standard InChI is InChI=1S/C15H23NO/c1-9-14(2,3)10-6-7-11-13(17-8-16-11)12(10)15(9,4)5/h8-10,12H,6-7H2,1-5H3. The summed E-state index contributed by atoms with van der Waals surface area (Å²) in [6.45, 7) is 12.1. The van der Waals surface area contributed by atoms with Crippen LogP contribution in [0.4, 0.5) is 0 Å². The molecule has 0 saturated heterocycles. The van der Waals surface area contributed by atoms with E-state index in [1.165, 1.54) is 17.9 Å². The van der Waals surface area contributed by atoms with Gasteiger partial charge in [-0.25, -0.2) is 4.98 Å². The van der Waals surface area contributed by atoms with Crippen LogP contribution >= 0.6 is 0 Å². The number of aryl methyl sites for hydroxylation is 1. The number of nitrogens with zero attached hydrogens (tertiary/aromatic N) is 1. The first-order valence-electron chi connectivity index (χ1n) is 6.79. The van der Waals surface area contributed by atoms with Gasteiger partial charge >= 0.3 is 0 Å². The van der Waals surface area contributed by atoms with Crippen molar-refractivity contribution in [1.82, 2.24) is 4.98 Å². The highest BCUT2D eigenvalue weighted by molar-refractivity contribution is 5.26. The zero-order valence-corrected chi connectivity index (χ0v) is 11.6. The lowest BCUT2D eigenvalue weighted by Gasteiger charge is -2.34. The van der Waals surface area contributed by atoms with Crippen molar-refractivity contribution in [2.24, 2.45) is 22.7 Å². The summed E-state index contributed by atoms with van der Waals surface area (Å²) in [5.41, 5.74) is 1.92. The van der Waals surface area contributed by atoms with Crippen LogP contribution in [0.3, 0.4) is 0 Å². The van der Waals surface area contributed by atoms with E-state index in [2.05, 4.69) is 39.6 Å². The predicted octanol–water partition coefficient (Wildman–Crippen LogP) is 4.02. The van der Waals surface area contributed by atoms with Crippen LogP contribution in [0.1, 0.15) is 58.4 Å². The lowest BCUT2D eigenvalue weighted by atomic mass is 9.70. The van der Waals surface area contributed by atoms with Crippen molar-refractivity contribution < 1.29 is 4.42 Å². The molecule has 1 heterocycles. The van der Waals surface area contributed by atoms with Crippen LogP contribution in [0.15, 0.2) is 10.8 Å². The van der Waals surface area contributed by atoms with Gasteiger partial charge in [0.15, 0.2) is 6.39 Å². The summed E-state index contributed by atoms with van der Waals surface area (Å²) in [4.78, 5) is 4.39. The van der Waals surface area contributed by atoms with E-state index < -0.39 is 0 Å². The van der Waals surface area contributed by atoms with Crippen LogP contribution in [0.5, 0.6) is 0 Å². The Kier molecular flexibility index (Phi) is 2.10. The van der Waals surface area contributed by atoms with Crippen molar-refractivity contribution in [3.63, 3.8) is 0 Å². The Morgan fingerprint density at radius 2 is 1.94 bits per heavy atom. The maximum absolute atomic E-state index is 5.74. The van der Waals surface area contributed by atoms with Gasteiger partial charge in [0.05, 0.1) is 5.69 Å². The van der Waals surface area contributed by atoms with E-state index in [4.69, 9.17) is 4.42 Å². The van der Waals surface area contributed by atoms with E-state index in [0.29, 0.717) is 22.7 Å². The molecule has 2 heteroatoms. The van der Waals surface area contributed by atoms with Crippen molar-refractivity contribution in [2.45, 2.75) is 53.4 Å². The molecule has 3 unspecified atom stereocenters. The molecule has 1 aromatic heterocycles. The van der Waals surface area contributed by atoms with Crippen molar-refractivity contribution >= 4 is 0 Å². The normalized spacial score (nSPS) is 37.6. The molecule has 0 aromatic carbocycles. The van der Waals surface area contributed by atoms with Gasteiger partial charge < -0.3 is 4.42 Å². The summed E-state index contributed by atoms with van der Waals surface area (Å²) in [6.07, 6.45) is 4.00. The third-order valence-corrected chi connectivity index (χ3v) is 6.04. The summed E-state index contributed by atoms with van der Waals surface area (Å²) in [7, 11) is 0. The van der Waals surface area contributed by atoms with Gasteiger partial charge in [0.2, 0.25) is 0 Å². The molecule has 3 atom stereocenters. The molecule has 3 rings (SSSR count). The van der Waals surface area contributed by atoms with Gasteiger partial charge in [-0.2, -0.15) is 0 Å². The van der Waals surface area contributed by atoms with Crippen LogP contribution in [-0.2, 0) is 6.42 Å². The fourth-order valence-corrected chi connectivity index (χ4v) is 4.57. The maximum atomic E-state index is 5.74. The molecule has 0 spiro atoms. The van der Waals surface area contributed by atoms with E-state index in [1.54, 1.807) is 6.39 Å². The molecule has 0 N–H and O–H groups in total. The molecular weight excluding hydrogens is 210 g/mol. The van der Waals surface area contributed by atoms with E-state index in [9.17, 15) is 0 Å². The highest BCUT2D eigenvalue weighted by Crippen LogP contribution is 2.66. The predicted molar refractivity (Wildman–Crippen MR) is 67.8 cm³/mol. The molecule has 0 aliphatic heterocycles. The van der Waals surface area contributed by atoms with Gasteiger partial charge in [-0.1, -0.05) is 34.6 Å². The summed E-state index contributed by atoms with van der Waals surface area (Å²) in [6, 6.07) is 0. The summed E-state index contributed by atoms with van der Waals surface area (Å²) >= 11 is 0. The van der Waals surface area contributed by atoms with E-state index in [-0.39, 0.29) is 0 Å². The highest BCUT2D eigenvalue weighted by atomic mass is 16.3. The Balaban J connectivity index is 2.15. The third kappa shape index (κ3) is 1.24. The van der Waals surface area contributed by atoms with E-state index in [1.807, 2.05) is 0 Å². The van der Waals surface area contributed by atoms with Gasteiger partial charge in [-0.05, 0) is 35.5 Å². The van der Waals surface area contributed by atoms with Gasteiger partial charge in [-0.15, -0.1) is 0 Å². The van der Waals surface area contributed by atoms with E-state index >= 15 is 0 Å². The fraction of sp³-hybridized carbons (Fsp3) is 0.800. The second-order valence-electron chi connectivity index (χ2n) is 7.15. The fourth-order valence-electron chi connectivity index (χ4n) is 4.57. The van der Waals surface area contributed by atoms with Gasteiger partial charge in [0.25, 0.3) is 0 Å². The summed E-state index contributed by atoms with van der Waals surface area (Å²) in [5.74, 6) is 3.19. The number of hydrogen-bond acceptors (Lipinski definition) is 2. The lowest BCUT2D eigenvalue weighted by Crippen LogP contribution is -2.28. The van der Waals surface area contributed by atoms with Gasteiger partial charge in [0, 0.05) is 5.92 Å². The van der Waals surface area contributed by atoms with E-state index in [0.717, 1.165) is 12.3 Å². The molecule has 94 valence electrons. The van der Waals surface area contributed by atoms with Gasteiger partial charge in [0.1, 0.15) is 5.76 Å². The number of oxazole rings is 1. The van der Waals surface area contributed by atoms with Crippen LogP contribution < -0.4 is 0 Å². The molecule has 17 heavy (non-hydrogen) atoms. The van der Waals surface area contributed by atoms with Crippen molar-refractivity contribution in [2.75, 3.05) is 0 Å². The van der Waals surface area contributed by atoms with Crippen molar-refractivity contribution in [1.29, 1.82) is 0 Å². The molecule has 1 aromatic rings. The minimum absolute atomic E-state index is 0.308. The largest absolute Gasteiger partial charge is 0.448 e. The van der Waals surface area contributed by atoms with Crippen LogP contribution in [-0.4, -0.2) is 4.98 Å². The van der Waals surface area contributed by atoms with Crippen LogP contribution in [0.2, 0.25) is 0 Å². The first kappa shape index (κ1) is 11.3. The quantitative estimate of drug-likeness (QED) is 0.676. The first-order valence-corrected chi connectivity index (χ1v) is 6.79. The van der Waals surface area contributed by atoms with Crippen LogP contribution in [0.25, 0.3) is 0 Å². The molecular formula is C15H23NO. The van der Waals surface area contributed by atoms with Crippen molar-refractivity contribution in [3.8, 4) is 0 Å². The Hall–Kier alpha value is -0.790. The number of rotatable bonds is 0. The summed E-state index contributed by atoms with van der Waals surface area (Å²) < 4.78 is 5.74. The zero-order valence-electron chi connectivity index (χ0n) is 11.6. The molecule has 0 bridgehead atoms. The molecule has 2 nitrogen and oxygen atoms in total. The first-order chi connectivity index (χ1) is 7.87. The monoisotopic (exact) mass is 233 g/mol. The number of fused-ring (bicyclic) bond motifs is 3. The minimum Gasteiger partial charge on any atom is -0.448 e. The molecule has 0 amide bonds. The maximum Gasteiger partial charge on any atom is 0.181 e. The molecule has 2 aliphatic rings. The number of aromatic nitrogens is 1. The second kappa shape index (κ2) is 3.15. The topological polar surface area (TPSA) is 26.0 Å². The molecule has 1 fully saturated rings. The smallest absolute Gasteiger partial charge is 0.181 e. The lowest BCUT2D eigenvalue weighted by molar-refractivity contribution is 0.150. The Bertz CT molecular complexity index is 444. The summed E-state index contributed by atoms with van der Waals surface area (Å²) in [5, 5.41) is 0. The Morgan fingerprint density at radius 3 is 2.65 bits per heavy atom. The highest BCUT2D eigenvalue weighted by Gasteiger charge is 2.60. The molecule has 0 radical (unpaired) electrons. The van der Waals surface area contributed by atoms with Crippen molar-refractivity contribution in [3.05, 3.63) is 17.8 Å². The average Bonchev–Trinajstić information content (AvgIpc) is 2.77. The third-order valence-electron chi connectivity index (χ3n) is 6.04. The zero-order chi connectivity index (χ0) is 12.4. The van der Waals surface area contributed by atoms with Crippen LogP contribution in [0, 0.1) is 22.7 Å². The second-order valence-corrected chi connectivity index (χ2v) is 7.15. The number of hydrogen-bond donors (Lipinski definition) is 0. The molecule has 1 saturated carbocycles. The Labute approximate surface area is 104 Å². The SMILES string of the molecule is CC1C(C)(C)C2CCc3ncoc3C2C1(C)C. The average molecular weight is 233 g/mol.